The van der Waals surface area contributed by atoms with Gasteiger partial charge in [-0.25, -0.2) is 0 Å². The van der Waals surface area contributed by atoms with Crippen molar-refractivity contribution in [2.24, 2.45) is 5.73 Å². The van der Waals surface area contributed by atoms with Crippen LogP contribution in [0.1, 0.15) is 50.5 Å². The number of phenolic OH excluding ortho intramolecular Hbond substituents is 1. The summed E-state index contributed by atoms with van der Waals surface area (Å²) < 4.78 is 5.90. The molecule has 1 aliphatic carbocycles. The van der Waals surface area contributed by atoms with Crippen LogP contribution in [-0.4, -0.2) is 24.5 Å². The van der Waals surface area contributed by atoms with E-state index in [1.807, 2.05) is 18.9 Å². The van der Waals surface area contributed by atoms with Crippen LogP contribution < -0.4 is 10.5 Å². The van der Waals surface area contributed by atoms with E-state index >= 15 is 0 Å². The number of carbonyl (C=O) groups excluding carboxylic acids is 1. The van der Waals surface area contributed by atoms with E-state index in [1.54, 1.807) is 6.07 Å². The lowest BCUT2D eigenvalue weighted by Gasteiger charge is -2.18. The normalized spacial score (nSPS) is 16.3. The third kappa shape index (κ3) is 4.23. The minimum Gasteiger partial charge on any atom is -0.504 e. The highest BCUT2D eigenvalue weighted by molar-refractivity contribution is 5.43. The molecule has 1 aliphatic rings. The lowest BCUT2D eigenvalue weighted by Crippen LogP contribution is -2.13. The zero-order valence-electron chi connectivity index (χ0n) is 12.2. The molecule has 4 nitrogen and oxygen atoms in total. The predicted octanol–water partition coefficient (Wildman–Crippen LogP) is 2.98. The molecular weight excluding hydrogens is 254 g/mol. The summed E-state index contributed by atoms with van der Waals surface area (Å²) in [5.74, 6) is 1.19. The Morgan fingerprint density at radius 1 is 1.40 bits per heavy atom. The average molecular weight is 279 g/mol. The summed E-state index contributed by atoms with van der Waals surface area (Å²) in [6, 6.07) is 5.62. The molecular formula is C16H25NO3. The fourth-order valence-electron chi connectivity index (χ4n) is 2.60. The molecule has 112 valence electrons. The predicted molar refractivity (Wildman–Crippen MR) is 80.2 cm³/mol. The van der Waals surface area contributed by atoms with Gasteiger partial charge in [-0.3, -0.25) is 0 Å². The molecule has 0 aliphatic heterocycles. The number of carbonyl (C=O) groups is 1. The summed E-state index contributed by atoms with van der Waals surface area (Å²) in [5.41, 5.74) is 6.92. The van der Waals surface area contributed by atoms with Crippen LogP contribution >= 0.6 is 0 Å². The second-order valence-corrected chi connectivity index (χ2v) is 5.09. The molecule has 0 bridgehead atoms. The highest BCUT2D eigenvalue weighted by Crippen LogP contribution is 2.33. The van der Waals surface area contributed by atoms with Gasteiger partial charge in [-0.2, -0.15) is 0 Å². The number of hydrogen-bond donors (Lipinski definition) is 2. The van der Waals surface area contributed by atoms with Crippen molar-refractivity contribution in [1.82, 2.24) is 0 Å². The van der Waals surface area contributed by atoms with Gasteiger partial charge in [0.25, 0.3) is 0 Å². The molecule has 1 aromatic carbocycles. The molecule has 3 N–H and O–H groups in total. The van der Waals surface area contributed by atoms with Crippen LogP contribution in [0.3, 0.4) is 0 Å². The SMILES string of the molecule is C=O.CCC(CN)c1ccc(O)c(OC2CCCC2)c1. The van der Waals surface area contributed by atoms with E-state index in [0.717, 1.165) is 24.8 Å². The first-order chi connectivity index (χ1) is 9.74. The minimum absolute atomic E-state index is 0.234. The van der Waals surface area contributed by atoms with Gasteiger partial charge in [0.15, 0.2) is 11.5 Å². The van der Waals surface area contributed by atoms with Crippen molar-refractivity contribution >= 4 is 6.79 Å². The number of phenols is 1. The van der Waals surface area contributed by atoms with E-state index in [0.29, 0.717) is 18.2 Å². The molecule has 0 spiro atoms. The first-order valence-electron chi connectivity index (χ1n) is 7.23. The van der Waals surface area contributed by atoms with Crippen LogP contribution in [-0.2, 0) is 4.79 Å². The molecule has 0 heterocycles. The van der Waals surface area contributed by atoms with Crippen molar-refractivity contribution in [2.75, 3.05) is 6.54 Å². The molecule has 1 aromatic rings. The van der Waals surface area contributed by atoms with Gasteiger partial charge in [0, 0.05) is 0 Å². The van der Waals surface area contributed by atoms with E-state index in [9.17, 15) is 5.11 Å². The lowest BCUT2D eigenvalue weighted by molar-refractivity contribution is -0.0979. The van der Waals surface area contributed by atoms with Gasteiger partial charge in [0.1, 0.15) is 6.79 Å². The summed E-state index contributed by atoms with van der Waals surface area (Å²) >= 11 is 0. The fourth-order valence-corrected chi connectivity index (χ4v) is 2.60. The van der Waals surface area contributed by atoms with E-state index in [4.69, 9.17) is 15.3 Å². The third-order valence-corrected chi connectivity index (χ3v) is 3.83. The summed E-state index contributed by atoms with van der Waals surface area (Å²) in [4.78, 5) is 8.00. The van der Waals surface area contributed by atoms with Gasteiger partial charge in [-0.15, -0.1) is 0 Å². The van der Waals surface area contributed by atoms with Crippen LogP contribution in [0.4, 0.5) is 0 Å². The molecule has 2 rings (SSSR count). The molecule has 20 heavy (non-hydrogen) atoms. The van der Waals surface area contributed by atoms with Crippen LogP contribution in [0, 0.1) is 0 Å². The molecule has 1 unspecified atom stereocenters. The second kappa shape index (κ2) is 8.59. The average Bonchev–Trinajstić information content (AvgIpc) is 2.99. The maximum Gasteiger partial charge on any atom is 0.161 e. The summed E-state index contributed by atoms with van der Waals surface area (Å²) in [6.07, 6.45) is 5.92. The maximum atomic E-state index is 9.87. The van der Waals surface area contributed by atoms with Crippen LogP contribution in [0.5, 0.6) is 11.5 Å². The van der Waals surface area contributed by atoms with Gasteiger partial charge in [-0.1, -0.05) is 13.0 Å². The Kier molecular flexibility index (Phi) is 7.09. The molecule has 1 atom stereocenters. The topological polar surface area (TPSA) is 72.6 Å². The van der Waals surface area contributed by atoms with Crippen molar-refractivity contribution in [1.29, 1.82) is 0 Å². The summed E-state index contributed by atoms with van der Waals surface area (Å²) in [7, 11) is 0. The first-order valence-corrected chi connectivity index (χ1v) is 7.23. The van der Waals surface area contributed by atoms with Crippen LogP contribution in [0.15, 0.2) is 18.2 Å². The molecule has 4 heteroatoms. The number of aromatic hydroxyl groups is 1. The summed E-state index contributed by atoms with van der Waals surface area (Å²) in [5, 5.41) is 9.87. The minimum atomic E-state index is 0.234. The Hall–Kier alpha value is -1.55. The van der Waals surface area contributed by atoms with E-state index in [1.165, 1.54) is 12.8 Å². The van der Waals surface area contributed by atoms with Gasteiger partial charge < -0.3 is 20.4 Å². The van der Waals surface area contributed by atoms with E-state index in [2.05, 4.69) is 6.92 Å². The Balaban J connectivity index is 0.000000956. The Bertz CT molecular complexity index is 399. The smallest absolute Gasteiger partial charge is 0.161 e. The molecule has 0 saturated heterocycles. The van der Waals surface area contributed by atoms with Crippen LogP contribution in [0.25, 0.3) is 0 Å². The Morgan fingerprint density at radius 2 is 2.05 bits per heavy atom. The molecule has 1 saturated carbocycles. The fraction of sp³-hybridized carbons (Fsp3) is 0.562. The number of rotatable bonds is 5. The lowest BCUT2D eigenvalue weighted by atomic mass is 9.96. The van der Waals surface area contributed by atoms with Crippen molar-refractivity contribution in [3.05, 3.63) is 23.8 Å². The van der Waals surface area contributed by atoms with Gasteiger partial charge >= 0.3 is 0 Å². The van der Waals surface area contributed by atoms with E-state index in [-0.39, 0.29) is 11.9 Å². The standard InChI is InChI=1S/C15H23NO2.CH2O/c1-2-11(10-16)12-7-8-14(17)15(9-12)18-13-5-3-4-6-13;1-2/h7-9,11,13,17H,2-6,10,16H2,1H3;1H2. The quantitative estimate of drug-likeness (QED) is 0.869. The molecule has 0 aromatic heterocycles. The largest absolute Gasteiger partial charge is 0.504 e. The maximum absolute atomic E-state index is 9.87. The van der Waals surface area contributed by atoms with Gasteiger partial charge in [0.05, 0.1) is 6.10 Å². The molecule has 1 fully saturated rings. The number of ether oxygens (including phenoxy) is 1. The number of hydrogen-bond acceptors (Lipinski definition) is 4. The number of benzene rings is 1. The second-order valence-electron chi connectivity index (χ2n) is 5.09. The van der Waals surface area contributed by atoms with E-state index < -0.39 is 0 Å². The van der Waals surface area contributed by atoms with Crippen LogP contribution in [0.2, 0.25) is 0 Å². The molecule has 0 amide bonds. The zero-order chi connectivity index (χ0) is 15.0. The van der Waals surface area contributed by atoms with Gasteiger partial charge in [-0.05, 0) is 62.3 Å². The summed E-state index contributed by atoms with van der Waals surface area (Å²) in [6.45, 7) is 4.76. The van der Waals surface area contributed by atoms with Crippen molar-refractivity contribution in [3.8, 4) is 11.5 Å². The van der Waals surface area contributed by atoms with Crippen molar-refractivity contribution in [3.63, 3.8) is 0 Å². The Labute approximate surface area is 120 Å². The van der Waals surface area contributed by atoms with Crippen molar-refractivity contribution in [2.45, 2.75) is 51.0 Å². The zero-order valence-corrected chi connectivity index (χ0v) is 12.2. The molecule has 0 radical (unpaired) electrons. The number of nitrogens with two attached hydrogens (primary N) is 1. The first kappa shape index (κ1) is 16.5. The Morgan fingerprint density at radius 3 is 2.60 bits per heavy atom. The monoisotopic (exact) mass is 279 g/mol. The highest BCUT2D eigenvalue weighted by Gasteiger charge is 2.19. The highest BCUT2D eigenvalue weighted by atomic mass is 16.5. The van der Waals surface area contributed by atoms with Gasteiger partial charge in [0.2, 0.25) is 0 Å². The van der Waals surface area contributed by atoms with Crippen molar-refractivity contribution < 1.29 is 14.6 Å². The third-order valence-electron chi connectivity index (χ3n) is 3.83.